The van der Waals surface area contributed by atoms with Crippen molar-refractivity contribution in [2.75, 3.05) is 12.0 Å². The third-order valence-corrected chi connectivity index (χ3v) is 4.75. The Balaban J connectivity index is 2.96. The fourth-order valence-corrected chi connectivity index (χ4v) is 3.51. The van der Waals surface area contributed by atoms with E-state index in [0.29, 0.717) is 18.6 Å². The molecule has 4 atom stereocenters. The number of piperazine rings is 1. The monoisotopic (exact) mass is 316 g/mol. The predicted molar refractivity (Wildman–Crippen MR) is 85.3 cm³/mol. The Morgan fingerprint density at radius 1 is 1.29 bits per heavy atom. The van der Waals surface area contributed by atoms with Crippen LogP contribution < -0.4 is 5.32 Å². The average molecular weight is 316 g/mol. The van der Waals surface area contributed by atoms with E-state index in [1.54, 1.807) is 11.2 Å². The highest BCUT2D eigenvalue weighted by molar-refractivity contribution is 7.84. The summed E-state index contributed by atoms with van der Waals surface area (Å²) in [5.74, 6) is 0.554. The number of carbonyl (C=O) groups is 2. The Kier molecular flexibility index (Phi) is 6.84. The molecule has 1 saturated heterocycles. The second-order valence-corrected chi connectivity index (χ2v) is 7.75. The minimum atomic E-state index is -0.883. The van der Waals surface area contributed by atoms with E-state index in [-0.39, 0.29) is 23.8 Å². The standard InChI is InChI=1S/C15H28N2O3S/c1-6-7-12-15(19)17(11(4)8-9-21(5)20)13(10(2)3)14(18)16-12/h10-13H,6-9H2,1-5H3,(H,16,18). The minimum Gasteiger partial charge on any atom is -0.342 e. The average Bonchev–Trinajstić information content (AvgIpc) is 2.39. The fourth-order valence-electron chi connectivity index (χ4n) is 2.84. The summed E-state index contributed by atoms with van der Waals surface area (Å²) in [6.45, 7) is 7.86. The van der Waals surface area contributed by atoms with Gasteiger partial charge in [0.1, 0.15) is 12.1 Å². The number of nitrogens with zero attached hydrogens (tertiary/aromatic N) is 1. The molecule has 21 heavy (non-hydrogen) atoms. The molecule has 1 aliphatic rings. The van der Waals surface area contributed by atoms with Crippen LogP contribution in [0, 0.1) is 5.92 Å². The largest absolute Gasteiger partial charge is 0.342 e. The van der Waals surface area contributed by atoms with Gasteiger partial charge in [0.15, 0.2) is 0 Å². The van der Waals surface area contributed by atoms with Gasteiger partial charge in [-0.3, -0.25) is 13.8 Å². The second kappa shape index (κ2) is 7.92. The SMILES string of the molecule is CCCC1NC(=O)C(C(C)C)N(C(C)CCS(C)=O)C1=O. The molecule has 1 rings (SSSR count). The van der Waals surface area contributed by atoms with E-state index in [4.69, 9.17) is 0 Å². The molecule has 0 bridgehead atoms. The van der Waals surface area contributed by atoms with Crippen molar-refractivity contribution >= 4 is 22.6 Å². The van der Waals surface area contributed by atoms with Crippen molar-refractivity contribution in [2.24, 2.45) is 5.92 Å². The normalized spacial score (nSPS) is 25.9. The van der Waals surface area contributed by atoms with Crippen LogP contribution in [-0.4, -0.2) is 51.1 Å². The van der Waals surface area contributed by atoms with Gasteiger partial charge < -0.3 is 10.2 Å². The Hall–Kier alpha value is -0.910. The van der Waals surface area contributed by atoms with E-state index >= 15 is 0 Å². The van der Waals surface area contributed by atoms with Gasteiger partial charge in [0.2, 0.25) is 11.8 Å². The van der Waals surface area contributed by atoms with E-state index in [0.717, 1.165) is 6.42 Å². The molecule has 6 heteroatoms. The van der Waals surface area contributed by atoms with Gasteiger partial charge in [0.25, 0.3) is 0 Å². The first-order valence-corrected chi connectivity index (χ1v) is 9.44. The fraction of sp³-hybridized carbons (Fsp3) is 0.867. The first-order valence-electron chi connectivity index (χ1n) is 7.72. The molecule has 0 aromatic heterocycles. The predicted octanol–water partition coefficient (Wildman–Crippen LogP) is 1.30. The molecule has 0 aromatic carbocycles. The van der Waals surface area contributed by atoms with Crippen molar-refractivity contribution in [3.05, 3.63) is 0 Å². The first kappa shape index (κ1) is 18.1. The maximum Gasteiger partial charge on any atom is 0.246 e. The highest BCUT2D eigenvalue weighted by Crippen LogP contribution is 2.23. The van der Waals surface area contributed by atoms with E-state index in [2.05, 4.69) is 5.32 Å². The zero-order chi connectivity index (χ0) is 16.2. The van der Waals surface area contributed by atoms with Gasteiger partial charge >= 0.3 is 0 Å². The minimum absolute atomic E-state index is 0.00420. The molecule has 1 fully saturated rings. The van der Waals surface area contributed by atoms with Gasteiger partial charge in [-0.25, -0.2) is 0 Å². The summed E-state index contributed by atoms with van der Waals surface area (Å²) in [5, 5.41) is 2.86. The first-order chi connectivity index (χ1) is 9.79. The maximum atomic E-state index is 12.7. The van der Waals surface area contributed by atoms with Crippen LogP contribution in [0.15, 0.2) is 0 Å². The van der Waals surface area contributed by atoms with E-state index in [1.807, 2.05) is 27.7 Å². The van der Waals surface area contributed by atoms with Crippen molar-refractivity contribution in [1.82, 2.24) is 10.2 Å². The molecular weight excluding hydrogens is 288 g/mol. The molecule has 0 aromatic rings. The zero-order valence-corrected chi connectivity index (χ0v) is 14.5. The van der Waals surface area contributed by atoms with E-state index in [1.165, 1.54) is 0 Å². The second-order valence-electron chi connectivity index (χ2n) is 6.20. The van der Waals surface area contributed by atoms with Crippen LogP contribution in [0.4, 0.5) is 0 Å². The number of hydrogen-bond acceptors (Lipinski definition) is 3. The van der Waals surface area contributed by atoms with Crippen LogP contribution in [-0.2, 0) is 20.4 Å². The van der Waals surface area contributed by atoms with Crippen molar-refractivity contribution in [3.8, 4) is 0 Å². The third kappa shape index (κ3) is 4.53. The lowest BCUT2D eigenvalue weighted by Crippen LogP contribution is -2.66. The zero-order valence-electron chi connectivity index (χ0n) is 13.7. The third-order valence-electron chi connectivity index (χ3n) is 3.94. The summed E-state index contributed by atoms with van der Waals surface area (Å²) in [6, 6.07) is -0.905. The quantitative estimate of drug-likeness (QED) is 0.770. The van der Waals surface area contributed by atoms with Crippen molar-refractivity contribution in [2.45, 2.75) is 65.1 Å². The molecular formula is C15H28N2O3S. The smallest absolute Gasteiger partial charge is 0.246 e. The highest BCUT2D eigenvalue weighted by Gasteiger charge is 2.43. The summed E-state index contributed by atoms with van der Waals surface area (Å²) in [7, 11) is -0.883. The lowest BCUT2D eigenvalue weighted by Gasteiger charge is -2.44. The number of rotatable bonds is 7. The topological polar surface area (TPSA) is 66.5 Å². The molecule has 5 nitrogen and oxygen atoms in total. The molecule has 122 valence electrons. The molecule has 4 unspecified atom stereocenters. The molecule has 0 spiro atoms. The molecule has 0 aliphatic carbocycles. The van der Waals surface area contributed by atoms with Crippen LogP contribution in [0.5, 0.6) is 0 Å². The molecule has 1 N–H and O–H groups in total. The van der Waals surface area contributed by atoms with Gasteiger partial charge in [-0.05, 0) is 25.7 Å². The van der Waals surface area contributed by atoms with Crippen LogP contribution in [0.2, 0.25) is 0 Å². The number of carbonyl (C=O) groups excluding carboxylic acids is 2. The van der Waals surface area contributed by atoms with Crippen LogP contribution in [0.25, 0.3) is 0 Å². The van der Waals surface area contributed by atoms with Gasteiger partial charge in [0, 0.05) is 28.9 Å². The number of nitrogens with one attached hydrogen (secondary N) is 1. The van der Waals surface area contributed by atoms with Gasteiger partial charge in [-0.15, -0.1) is 0 Å². The van der Waals surface area contributed by atoms with E-state index < -0.39 is 22.9 Å². The molecule has 2 amide bonds. The van der Waals surface area contributed by atoms with Crippen LogP contribution >= 0.6 is 0 Å². The van der Waals surface area contributed by atoms with Gasteiger partial charge in [-0.1, -0.05) is 27.2 Å². The van der Waals surface area contributed by atoms with Crippen LogP contribution in [0.3, 0.4) is 0 Å². The van der Waals surface area contributed by atoms with Crippen molar-refractivity contribution < 1.29 is 13.8 Å². The lowest BCUT2D eigenvalue weighted by molar-refractivity contribution is -0.154. The summed E-state index contributed by atoms with van der Waals surface area (Å²) in [6.07, 6.45) is 3.84. The van der Waals surface area contributed by atoms with Crippen molar-refractivity contribution in [1.29, 1.82) is 0 Å². The summed E-state index contributed by atoms with van der Waals surface area (Å²) >= 11 is 0. The molecule has 0 radical (unpaired) electrons. The Morgan fingerprint density at radius 3 is 2.38 bits per heavy atom. The molecule has 0 saturated carbocycles. The molecule has 1 aliphatic heterocycles. The Bertz CT molecular complexity index is 412. The number of amides is 2. The van der Waals surface area contributed by atoms with Crippen molar-refractivity contribution in [3.63, 3.8) is 0 Å². The van der Waals surface area contributed by atoms with Gasteiger partial charge in [0.05, 0.1) is 0 Å². The summed E-state index contributed by atoms with van der Waals surface area (Å²) in [4.78, 5) is 26.8. The van der Waals surface area contributed by atoms with Gasteiger partial charge in [-0.2, -0.15) is 0 Å². The van der Waals surface area contributed by atoms with E-state index in [9.17, 15) is 13.8 Å². The Labute approximate surface area is 130 Å². The number of hydrogen-bond donors (Lipinski definition) is 1. The maximum absolute atomic E-state index is 12.7. The summed E-state index contributed by atoms with van der Waals surface area (Å²) < 4.78 is 11.3. The lowest BCUT2D eigenvalue weighted by atomic mass is 9.93. The Morgan fingerprint density at radius 2 is 1.90 bits per heavy atom. The highest BCUT2D eigenvalue weighted by atomic mass is 32.2. The van der Waals surface area contributed by atoms with Crippen LogP contribution in [0.1, 0.15) is 47.0 Å². The summed E-state index contributed by atoms with van der Waals surface area (Å²) in [5.41, 5.74) is 0. The molecule has 1 heterocycles.